The van der Waals surface area contributed by atoms with Gasteiger partial charge < -0.3 is 9.47 Å². The second-order valence-corrected chi connectivity index (χ2v) is 9.75. The molecule has 194 valence electrons. The van der Waals surface area contributed by atoms with Gasteiger partial charge in [0.05, 0.1) is 13.2 Å². The van der Waals surface area contributed by atoms with Crippen LogP contribution in [0.5, 0.6) is 0 Å². The highest BCUT2D eigenvalue weighted by molar-refractivity contribution is 7.79. The van der Waals surface area contributed by atoms with E-state index in [1.807, 2.05) is 13.8 Å². The maximum atomic E-state index is 12.0. The molecule has 1 aromatic carbocycles. The molecule has 0 spiro atoms. The van der Waals surface area contributed by atoms with Gasteiger partial charge in [-0.3, -0.25) is 23.6 Å². The van der Waals surface area contributed by atoms with Gasteiger partial charge in [0.25, 0.3) is 0 Å². The van der Waals surface area contributed by atoms with Crippen molar-refractivity contribution in [2.24, 2.45) is 5.41 Å². The lowest BCUT2D eigenvalue weighted by Crippen LogP contribution is -2.47. The Morgan fingerprint density at radius 3 is 1.65 bits per heavy atom. The zero-order valence-corrected chi connectivity index (χ0v) is 21.5. The Morgan fingerprint density at radius 2 is 1.29 bits per heavy atom. The summed E-state index contributed by atoms with van der Waals surface area (Å²) in [6.07, 6.45) is 6.35. The van der Waals surface area contributed by atoms with Crippen molar-refractivity contribution in [3.63, 3.8) is 0 Å². The SMILES string of the molecule is CCOC(=O)CCC1(CCC(=O)OCC)CCC(c2ccccc2)(N(C)C)CC1.O=S(=O)(O)O. The predicted molar refractivity (Wildman–Crippen MR) is 129 cm³/mol. The molecular formula is C24H39NO8S. The number of rotatable bonds is 10. The molecule has 0 unspecified atom stereocenters. The smallest absolute Gasteiger partial charge is 0.394 e. The van der Waals surface area contributed by atoms with Crippen LogP contribution in [0.1, 0.15) is 70.8 Å². The first-order chi connectivity index (χ1) is 15.9. The van der Waals surface area contributed by atoms with E-state index < -0.39 is 10.4 Å². The Morgan fingerprint density at radius 1 is 0.882 bits per heavy atom. The van der Waals surface area contributed by atoms with Gasteiger partial charge in [0.2, 0.25) is 0 Å². The van der Waals surface area contributed by atoms with Gasteiger partial charge in [-0.15, -0.1) is 0 Å². The first-order valence-electron chi connectivity index (χ1n) is 11.6. The van der Waals surface area contributed by atoms with Crippen molar-refractivity contribution in [1.82, 2.24) is 4.90 Å². The van der Waals surface area contributed by atoms with E-state index in [1.54, 1.807) is 0 Å². The Balaban J connectivity index is 0.00000104. The van der Waals surface area contributed by atoms with Gasteiger partial charge in [0, 0.05) is 18.4 Å². The molecule has 9 nitrogen and oxygen atoms in total. The molecule has 1 saturated carbocycles. The van der Waals surface area contributed by atoms with Gasteiger partial charge in [-0.05, 0) is 77.4 Å². The van der Waals surface area contributed by atoms with Gasteiger partial charge in [-0.1, -0.05) is 30.3 Å². The molecule has 0 amide bonds. The van der Waals surface area contributed by atoms with Gasteiger partial charge in [-0.25, -0.2) is 0 Å². The summed E-state index contributed by atoms with van der Waals surface area (Å²) in [7, 11) is -0.367. The number of nitrogens with zero attached hydrogens (tertiary/aromatic N) is 1. The largest absolute Gasteiger partial charge is 0.466 e. The van der Waals surface area contributed by atoms with E-state index in [2.05, 4.69) is 49.3 Å². The van der Waals surface area contributed by atoms with Crippen LogP contribution in [0.4, 0.5) is 0 Å². The molecule has 0 aromatic heterocycles. The Kier molecular flexibility index (Phi) is 12.2. The van der Waals surface area contributed by atoms with Gasteiger partial charge >= 0.3 is 22.3 Å². The molecule has 1 fully saturated rings. The van der Waals surface area contributed by atoms with E-state index in [4.69, 9.17) is 27.0 Å². The van der Waals surface area contributed by atoms with Crippen LogP contribution in [0.3, 0.4) is 0 Å². The Labute approximate surface area is 203 Å². The summed E-state index contributed by atoms with van der Waals surface area (Å²) in [6.45, 7) is 4.49. The zero-order valence-electron chi connectivity index (χ0n) is 20.7. The van der Waals surface area contributed by atoms with Crippen molar-refractivity contribution < 1.29 is 36.6 Å². The minimum atomic E-state index is -4.67. The van der Waals surface area contributed by atoms with Crippen LogP contribution >= 0.6 is 0 Å². The van der Waals surface area contributed by atoms with E-state index in [0.717, 1.165) is 38.5 Å². The zero-order chi connectivity index (χ0) is 25.8. The molecule has 0 saturated heterocycles. The average Bonchev–Trinajstić information content (AvgIpc) is 2.77. The molecule has 1 aromatic rings. The highest BCUT2D eigenvalue weighted by Crippen LogP contribution is 2.52. The van der Waals surface area contributed by atoms with Gasteiger partial charge in [0.15, 0.2) is 0 Å². The van der Waals surface area contributed by atoms with Crippen molar-refractivity contribution in [3.8, 4) is 0 Å². The van der Waals surface area contributed by atoms with Gasteiger partial charge in [0.1, 0.15) is 0 Å². The second kappa shape index (κ2) is 13.8. The first-order valence-corrected chi connectivity index (χ1v) is 13.0. The molecule has 0 radical (unpaired) electrons. The standard InChI is InChI=1S/C24H37NO4.H2O4S/c1-5-28-21(26)12-14-23(15-13-22(27)29-6-2)16-18-24(19-17-23,25(3)4)20-10-8-7-9-11-20;1-5(2,3)4/h7-11H,5-6,12-19H2,1-4H3;(H2,1,2,3,4). The molecule has 0 atom stereocenters. The van der Waals surface area contributed by atoms with Crippen molar-refractivity contribution in [2.75, 3.05) is 27.3 Å². The normalized spacial score (nSPS) is 16.8. The summed E-state index contributed by atoms with van der Waals surface area (Å²) in [5, 5.41) is 0. The molecule has 0 bridgehead atoms. The number of hydrogen-bond donors (Lipinski definition) is 2. The van der Waals surface area contributed by atoms with Crippen molar-refractivity contribution in [1.29, 1.82) is 0 Å². The van der Waals surface area contributed by atoms with Crippen LogP contribution in [-0.4, -0.2) is 61.7 Å². The monoisotopic (exact) mass is 501 g/mol. The van der Waals surface area contributed by atoms with Crippen molar-refractivity contribution in [3.05, 3.63) is 35.9 Å². The molecule has 10 heteroatoms. The van der Waals surface area contributed by atoms with Crippen LogP contribution in [0, 0.1) is 5.41 Å². The highest BCUT2D eigenvalue weighted by atomic mass is 32.3. The number of carbonyl (C=O) groups is 2. The number of esters is 2. The molecule has 0 heterocycles. The fourth-order valence-corrected chi connectivity index (χ4v) is 4.76. The van der Waals surface area contributed by atoms with E-state index in [1.165, 1.54) is 5.56 Å². The van der Waals surface area contributed by atoms with Gasteiger partial charge in [-0.2, -0.15) is 8.42 Å². The number of carbonyl (C=O) groups excluding carboxylic acids is 2. The quantitative estimate of drug-likeness (QED) is 0.360. The van der Waals surface area contributed by atoms with Crippen LogP contribution in [0.25, 0.3) is 0 Å². The second-order valence-electron chi connectivity index (χ2n) is 8.85. The summed E-state index contributed by atoms with van der Waals surface area (Å²) in [4.78, 5) is 26.3. The van der Waals surface area contributed by atoms with Crippen molar-refractivity contribution >= 4 is 22.3 Å². The number of ether oxygens (including phenoxy) is 2. The lowest BCUT2D eigenvalue weighted by molar-refractivity contribution is -0.144. The Bertz CT molecular complexity index is 830. The van der Waals surface area contributed by atoms with Crippen molar-refractivity contribution in [2.45, 2.75) is 70.8 Å². The average molecular weight is 502 g/mol. The van der Waals surface area contributed by atoms with Crippen LogP contribution in [-0.2, 0) is 35.0 Å². The summed E-state index contributed by atoms with van der Waals surface area (Å²) in [5.74, 6) is -0.286. The van der Waals surface area contributed by atoms with Crippen LogP contribution in [0.2, 0.25) is 0 Å². The molecule has 2 rings (SSSR count). The van der Waals surface area contributed by atoms with E-state index in [0.29, 0.717) is 26.1 Å². The number of hydrogen-bond acceptors (Lipinski definition) is 7. The summed E-state index contributed by atoms with van der Waals surface area (Å²) in [6, 6.07) is 10.7. The minimum absolute atomic E-state index is 0.00137. The lowest BCUT2D eigenvalue weighted by atomic mass is 9.61. The van der Waals surface area contributed by atoms with E-state index in [9.17, 15) is 9.59 Å². The molecule has 1 aliphatic rings. The third-order valence-electron chi connectivity index (χ3n) is 6.63. The third kappa shape index (κ3) is 10.1. The molecule has 34 heavy (non-hydrogen) atoms. The fourth-order valence-electron chi connectivity index (χ4n) is 4.76. The molecule has 2 N–H and O–H groups in total. The topological polar surface area (TPSA) is 130 Å². The molecule has 0 aliphatic heterocycles. The minimum Gasteiger partial charge on any atom is -0.466 e. The predicted octanol–water partition coefficient (Wildman–Crippen LogP) is 4.04. The third-order valence-corrected chi connectivity index (χ3v) is 6.63. The maximum Gasteiger partial charge on any atom is 0.394 e. The molecular weight excluding hydrogens is 462 g/mol. The highest BCUT2D eigenvalue weighted by Gasteiger charge is 2.45. The summed E-state index contributed by atoms with van der Waals surface area (Å²) < 4.78 is 41.9. The first kappa shape index (κ1) is 30.0. The number of benzene rings is 1. The fraction of sp³-hybridized carbons (Fsp3) is 0.667. The maximum absolute atomic E-state index is 12.0. The molecule has 1 aliphatic carbocycles. The Hall–Kier alpha value is -2.01. The summed E-state index contributed by atoms with van der Waals surface area (Å²) >= 11 is 0. The summed E-state index contributed by atoms with van der Waals surface area (Å²) in [5.41, 5.74) is 1.32. The van der Waals surface area contributed by atoms with E-state index >= 15 is 0 Å². The van der Waals surface area contributed by atoms with Crippen LogP contribution < -0.4 is 0 Å². The van der Waals surface area contributed by atoms with Crippen LogP contribution in [0.15, 0.2) is 30.3 Å². The lowest BCUT2D eigenvalue weighted by Gasteiger charge is -2.50. The van der Waals surface area contributed by atoms with E-state index in [-0.39, 0.29) is 22.9 Å².